The summed E-state index contributed by atoms with van der Waals surface area (Å²) in [7, 11) is 0. The van der Waals surface area contributed by atoms with Gasteiger partial charge in [-0.3, -0.25) is 15.0 Å². The van der Waals surface area contributed by atoms with Crippen LogP contribution < -0.4 is 10.1 Å². The van der Waals surface area contributed by atoms with Gasteiger partial charge in [-0.1, -0.05) is 6.92 Å². The van der Waals surface area contributed by atoms with E-state index in [1.54, 1.807) is 31.2 Å². The summed E-state index contributed by atoms with van der Waals surface area (Å²) in [5.74, 6) is 0.669. The van der Waals surface area contributed by atoms with E-state index in [0.717, 1.165) is 32.5 Å². The Morgan fingerprint density at radius 2 is 1.91 bits per heavy atom. The molecule has 124 valence electrons. The molecule has 0 spiro atoms. The molecule has 1 atom stereocenters. The number of anilines is 1. The number of carbonyl (C=O) groups excluding carboxylic acids is 2. The van der Waals surface area contributed by atoms with Crippen LogP contribution in [0.25, 0.3) is 0 Å². The molecule has 6 nitrogen and oxygen atoms in total. The van der Waals surface area contributed by atoms with Crippen molar-refractivity contribution >= 4 is 17.7 Å². The summed E-state index contributed by atoms with van der Waals surface area (Å²) >= 11 is 0. The Bertz CT molecular complexity index is 564. The van der Waals surface area contributed by atoms with Gasteiger partial charge in [0, 0.05) is 18.7 Å². The Kier molecular flexibility index (Phi) is 4.81. The second-order valence-corrected chi connectivity index (χ2v) is 6.06. The fraction of sp³-hybridized carbons (Fsp3) is 0.529. The Balaban J connectivity index is 1.50. The van der Waals surface area contributed by atoms with Crippen molar-refractivity contribution in [2.75, 3.05) is 25.0 Å². The first-order chi connectivity index (χ1) is 11.1. The number of fused-ring (bicyclic) bond motifs is 3. The van der Waals surface area contributed by atoms with Crippen LogP contribution in [0.3, 0.4) is 0 Å². The van der Waals surface area contributed by atoms with Gasteiger partial charge in [0.2, 0.25) is 0 Å². The van der Waals surface area contributed by atoms with Crippen LogP contribution >= 0.6 is 0 Å². The molecule has 1 aromatic carbocycles. The average Bonchev–Trinajstić information content (AvgIpc) is 2.57. The molecular formula is C17H22N2O4. The number of rotatable bonds is 4. The number of hydrogen-bond donors (Lipinski definition) is 1. The summed E-state index contributed by atoms with van der Waals surface area (Å²) in [6, 6.07) is 6.68. The minimum atomic E-state index is -0.429. The lowest BCUT2D eigenvalue weighted by Crippen LogP contribution is -2.52. The molecule has 3 aliphatic rings. The maximum atomic E-state index is 12.0. The first-order valence-corrected chi connectivity index (χ1v) is 8.15. The molecule has 0 radical (unpaired) electrons. The van der Waals surface area contributed by atoms with Crippen molar-refractivity contribution < 1.29 is 19.1 Å². The third-order valence-corrected chi connectivity index (χ3v) is 4.48. The van der Waals surface area contributed by atoms with E-state index in [2.05, 4.69) is 10.2 Å². The standard InChI is InChI=1S/C17H22N2O4/c1-2-16(20)22-14-5-3-13(4-6-14)18-17(21)23-15-11-19-9-7-12(15)8-10-19/h3-6,12,15H,2,7-11H2,1H3,(H,18,21). The Hall–Kier alpha value is -2.08. The zero-order valence-electron chi connectivity index (χ0n) is 13.3. The van der Waals surface area contributed by atoms with Crippen LogP contribution in [0, 0.1) is 5.92 Å². The van der Waals surface area contributed by atoms with Crippen molar-refractivity contribution in [2.45, 2.75) is 32.3 Å². The normalized spacial score (nSPS) is 25.7. The number of esters is 1. The number of amides is 1. The number of carbonyl (C=O) groups is 2. The molecule has 4 rings (SSSR count). The molecular weight excluding hydrogens is 296 g/mol. The van der Waals surface area contributed by atoms with Crippen molar-refractivity contribution in [3.8, 4) is 5.75 Å². The van der Waals surface area contributed by atoms with Crippen molar-refractivity contribution in [3.05, 3.63) is 24.3 Å². The quantitative estimate of drug-likeness (QED) is 0.683. The molecule has 1 aromatic rings. The Morgan fingerprint density at radius 3 is 2.48 bits per heavy atom. The molecule has 3 aliphatic heterocycles. The maximum Gasteiger partial charge on any atom is 0.411 e. The van der Waals surface area contributed by atoms with Crippen molar-refractivity contribution in [2.24, 2.45) is 5.92 Å². The molecule has 0 saturated carbocycles. The maximum absolute atomic E-state index is 12.0. The van der Waals surface area contributed by atoms with Gasteiger partial charge in [0.15, 0.2) is 0 Å². The molecule has 2 bridgehead atoms. The summed E-state index contributed by atoms with van der Waals surface area (Å²) in [4.78, 5) is 25.6. The lowest BCUT2D eigenvalue weighted by molar-refractivity contribution is -0.134. The third-order valence-electron chi connectivity index (χ3n) is 4.48. The first kappa shape index (κ1) is 15.8. The van der Waals surface area contributed by atoms with Gasteiger partial charge in [-0.15, -0.1) is 0 Å². The minimum Gasteiger partial charge on any atom is -0.444 e. The van der Waals surface area contributed by atoms with Gasteiger partial charge in [-0.2, -0.15) is 0 Å². The molecule has 0 aromatic heterocycles. The van der Waals surface area contributed by atoms with Crippen LogP contribution in [0.15, 0.2) is 24.3 Å². The van der Waals surface area contributed by atoms with Crippen LogP contribution in [-0.2, 0) is 9.53 Å². The van der Waals surface area contributed by atoms with Gasteiger partial charge in [0.25, 0.3) is 0 Å². The van der Waals surface area contributed by atoms with Crippen LogP contribution in [0.4, 0.5) is 10.5 Å². The van der Waals surface area contributed by atoms with Crippen LogP contribution in [0.1, 0.15) is 26.2 Å². The fourth-order valence-electron chi connectivity index (χ4n) is 3.14. The van der Waals surface area contributed by atoms with Crippen molar-refractivity contribution in [1.29, 1.82) is 0 Å². The summed E-state index contributed by atoms with van der Waals surface area (Å²) in [5.41, 5.74) is 0.618. The summed E-state index contributed by atoms with van der Waals surface area (Å²) in [6.45, 7) is 4.81. The molecule has 1 unspecified atom stereocenters. The summed E-state index contributed by atoms with van der Waals surface area (Å²) < 4.78 is 10.7. The zero-order valence-corrected chi connectivity index (χ0v) is 13.3. The topological polar surface area (TPSA) is 67.9 Å². The number of nitrogens with one attached hydrogen (secondary N) is 1. The van der Waals surface area contributed by atoms with Crippen LogP contribution in [0.2, 0.25) is 0 Å². The highest BCUT2D eigenvalue weighted by atomic mass is 16.6. The zero-order chi connectivity index (χ0) is 16.2. The van der Waals surface area contributed by atoms with Crippen LogP contribution in [0.5, 0.6) is 5.75 Å². The van der Waals surface area contributed by atoms with E-state index in [-0.39, 0.29) is 12.1 Å². The van der Waals surface area contributed by atoms with Gasteiger partial charge in [0.05, 0.1) is 0 Å². The van der Waals surface area contributed by atoms with Gasteiger partial charge in [-0.25, -0.2) is 4.79 Å². The third kappa shape index (κ3) is 4.01. The molecule has 6 heteroatoms. The second kappa shape index (κ2) is 7.00. The number of hydrogen-bond acceptors (Lipinski definition) is 5. The number of benzene rings is 1. The fourth-order valence-corrected chi connectivity index (χ4v) is 3.14. The smallest absolute Gasteiger partial charge is 0.411 e. The van der Waals surface area contributed by atoms with Crippen molar-refractivity contribution in [1.82, 2.24) is 4.90 Å². The predicted molar refractivity (Wildman–Crippen MR) is 85.4 cm³/mol. The van der Waals surface area contributed by atoms with E-state index < -0.39 is 6.09 Å². The average molecular weight is 318 g/mol. The lowest BCUT2D eigenvalue weighted by Gasteiger charge is -2.43. The largest absolute Gasteiger partial charge is 0.444 e. The van der Waals surface area contributed by atoms with E-state index in [4.69, 9.17) is 9.47 Å². The van der Waals surface area contributed by atoms with Crippen molar-refractivity contribution in [3.63, 3.8) is 0 Å². The molecule has 23 heavy (non-hydrogen) atoms. The van der Waals surface area contributed by atoms with E-state index in [1.165, 1.54) is 0 Å². The molecule has 1 amide bonds. The molecule has 3 heterocycles. The van der Waals surface area contributed by atoms with E-state index in [1.807, 2.05) is 0 Å². The Labute approximate surface area is 135 Å². The highest BCUT2D eigenvalue weighted by Crippen LogP contribution is 2.29. The van der Waals surface area contributed by atoms with Gasteiger partial charge in [-0.05, 0) is 56.1 Å². The SMILES string of the molecule is CCC(=O)Oc1ccc(NC(=O)OC2CN3CCC2CC3)cc1. The van der Waals surface area contributed by atoms with Gasteiger partial charge in [0.1, 0.15) is 11.9 Å². The molecule has 3 saturated heterocycles. The summed E-state index contributed by atoms with van der Waals surface area (Å²) in [5, 5.41) is 2.72. The number of nitrogens with zero attached hydrogens (tertiary/aromatic N) is 1. The van der Waals surface area contributed by atoms with Gasteiger partial charge < -0.3 is 9.47 Å². The van der Waals surface area contributed by atoms with E-state index in [9.17, 15) is 9.59 Å². The summed E-state index contributed by atoms with van der Waals surface area (Å²) in [6.07, 6.45) is 2.10. The highest BCUT2D eigenvalue weighted by Gasteiger charge is 2.36. The second-order valence-electron chi connectivity index (χ2n) is 6.06. The lowest BCUT2D eigenvalue weighted by atomic mass is 9.86. The van der Waals surface area contributed by atoms with Crippen LogP contribution in [-0.4, -0.2) is 42.7 Å². The van der Waals surface area contributed by atoms with Gasteiger partial charge >= 0.3 is 12.1 Å². The monoisotopic (exact) mass is 318 g/mol. The molecule has 3 fully saturated rings. The van der Waals surface area contributed by atoms with E-state index in [0.29, 0.717) is 23.8 Å². The highest BCUT2D eigenvalue weighted by molar-refractivity contribution is 5.84. The minimum absolute atomic E-state index is 0.0118. The molecule has 1 N–H and O–H groups in total. The first-order valence-electron chi connectivity index (χ1n) is 8.15. The number of piperidine rings is 3. The Morgan fingerprint density at radius 1 is 1.22 bits per heavy atom. The number of ether oxygens (including phenoxy) is 2. The van der Waals surface area contributed by atoms with E-state index >= 15 is 0 Å². The predicted octanol–water partition coefficient (Wildman–Crippen LogP) is 2.64. The molecule has 0 aliphatic carbocycles.